The maximum atomic E-state index is 5.90. The third-order valence-corrected chi connectivity index (χ3v) is 3.85. The molecule has 0 aliphatic rings. The summed E-state index contributed by atoms with van der Waals surface area (Å²) < 4.78 is 11.6. The van der Waals surface area contributed by atoms with Gasteiger partial charge in [-0.25, -0.2) is 0 Å². The number of benzene rings is 2. The van der Waals surface area contributed by atoms with Crippen LogP contribution in [0.3, 0.4) is 0 Å². The quantitative estimate of drug-likeness (QED) is 0.228. The Bertz CT molecular complexity index is 696. The normalized spacial score (nSPS) is 10.9. The Labute approximate surface area is 185 Å². The van der Waals surface area contributed by atoms with Crippen LogP contribution in [0, 0.1) is 0 Å². The number of halogens is 1. The Hall–Kier alpha value is -2.00. The van der Waals surface area contributed by atoms with Crippen molar-refractivity contribution in [2.45, 2.75) is 6.54 Å². The lowest BCUT2D eigenvalue weighted by Gasteiger charge is -2.16. The smallest absolute Gasteiger partial charge is 0.191 e. The molecule has 2 rings (SSSR count). The summed E-state index contributed by atoms with van der Waals surface area (Å²) in [6.45, 7) is 3.40. The first-order chi connectivity index (χ1) is 13.2. The van der Waals surface area contributed by atoms with Gasteiger partial charge in [-0.05, 0) is 32.3 Å². The van der Waals surface area contributed by atoms with Gasteiger partial charge in [0.1, 0.15) is 24.7 Å². The molecule has 0 aromatic heterocycles. The van der Waals surface area contributed by atoms with Gasteiger partial charge in [-0.3, -0.25) is 4.99 Å². The molecular weight excluding hydrogens is 467 g/mol. The van der Waals surface area contributed by atoms with E-state index in [9.17, 15) is 0 Å². The van der Waals surface area contributed by atoms with E-state index in [4.69, 9.17) is 9.47 Å². The zero-order chi connectivity index (χ0) is 19.3. The predicted molar refractivity (Wildman–Crippen MR) is 126 cm³/mol. The number of hydrogen-bond acceptors (Lipinski definition) is 4. The van der Waals surface area contributed by atoms with E-state index in [1.165, 1.54) is 0 Å². The molecule has 7 heteroatoms. The van der Waals surface area contributed by atoms with Crippen molar-refractivity contribution < 1.29 is 9.47 Å². The van der Waals surface area contributed by atoms with Gasteiger partial charge in [-0.1, -0.05) is 36.4 Å². The van der Waals surface area contributed by atoms with Gasteiger partial charge in [0.15, 0.2) is 5.96 Å². The van der Waals surface area contributed by atoms with Crippen LogP contribution in [0.1, 0.15) is 5.56 Å². The molecule has 2 N–H and O–H groups in total. The molecule has 28 heavy (non-hydrogen) atoms. The van der Waals surface area contributed by atoms with E-state index in [2.05, 4.69) is 26.6 Å². The number of para-hydroxylation sites is 2. The first-order valence-electron chi connectivity index (χ1n) is 9.17. The average molecular weight is 498 g/mol. The summed E-state index contributed by atoms with van der Waals surface area (Å²) in [5, 5.41) is 6.57. The van der Waals surface area contributed by atoms with Crippen LogP contribution in [0.15, 0.2) is 59.6 Å². The molecule has 2 aromatic carbocycles. The summed E-state index contributed by atoms with van der Waals surface area (Å²) >= 11 is 0. The average Bonchev–Trinajstić information content (AvgIpc) is 2.69. The number of nitrogens with zero attached hydrogens (tertiary/aromatic N) is 2. The highest BCUT2D eigenvalue weighted by atomic mass is 127. The standard InChI is InChI=1S/C21H30N4O2.HI/c1-22-21(23-13-15-26-19-10-5-4-6-11-19)24-17-18-9-7-8-12-20(18)27-16-14-25(2)3;/h4-12H,13-17H2,1-3H3,(H2,22,23,24);1H. The second-order valence-corrected chi connectivity index (χ2v) is 6.27. The molecule has 0 saturated heterocycles. The molecule has 0 amide bonds. The number of rotatable bonds is 10. The zero-order valence-electron chi connectivity index (χ0n) is 16.9. The van der Waals surface area contributed by atoms with Crippen molar-refractivity contribution in [3.8, 4) is 11.5 Å². The minimum Gasteiger partial charge on any atom is -0.492 e. The third kappa shape index (κ3) is 9.27. The van der Waals surface area contributed by atoms with E-state index in [0.717, 1.165) is 29.6 Å². The lowest BCUT2D eigenvalue weighted by molar-refractivity contribution is 0.259. The summed E-state index contributed by atoms with van der Waals surface area (Å²) in [6.07, 6.45) is 0. The number of nitrogens with one attached hydrogen (secondary N) is 2. The monoisotopic (exact) mass is 498 g/mol. The van der Waals surface area contributed by atoms with Crippen LogP contribution in [0.25, 0.3) is 0 Å². The molecular formula is C21H31IN4O2. The number of guanidine groups is 1. The Morgan fingerprint density at radius 2 is 1.64 bits per heavy atom. The van der Waals surface area contributed by atoms with Gasteiger partial charge in [-0.15, -0.1) is 24.0 Å². The molecule has 0 heterocycles. The Balaban J connectivity index is 0.00000392. The molecule has 0 aliphatic heterocycles. The van der Waals surface area contributed by atoms with Gasteiger partial charge >= 0.3 is 0 Å². The second-order valence-electron chi connectivity index (χ2n) is 6.27. The predicted octanol–water partition coefficient (Wildman–Crippen LogP) is 2.99. The van der Waals surface area contributed by atoms with Gasteiger partial charge in [0.25, 0.3) is 0 Å². The largest absolute Gasteiger partial charge is 0.492 e. The van der Waals surface area contributed by atoms with Crippen LogP contribution < -0.4 is 20.1 Å². The van der Waals surface area contributed by atoms with Crippen molar-refractivity contribution in [3.05, 3.63) is 60.2 Å². The summed E-state index contributed by atoms with van der Waals surface area (Å²) in [5.74, 6) is 2.50. The Morgan fingerprint density at radius 3 is 2.36 bits per heavy atom. The number of aliphatic imine (C=N–C) groups is 1. The van der Waals surface area contributed by atoms with E-state index in [-0.39, 0.29) is 24.0 Å². The molecule has 0 saturated carbocycles. The first kappa shape index (κ1) is 24.0. The molecule has 0 fully saturated rings. The molecule has 0 radical (unpaired) electrons. The minimum atomic E-state index is 0. The topological polar surface area (TPSA) is 58.1 Å². The Morgan fingerprint density at radius 1 is 0.929 bits per heavy atom. The van der Waals surface area contributed by atoms with Crippen LogP contribution in [0.4, 0.5) is 0 Å². The van der Waals surface area contributed by atoms with E-state index < -0.39 is 0 Å². The van der Waals surface area contributed by atoms with Crippen molar-refractivity contribution in [2.75, 3.05) is 47.4 Å². The van der Waals surface area contributed by atoms with Crippen molar-refractivity contribution in [2.24, 2.45) is 4.99 Å². The van der Waals surface area contributed by atoms with E-state index in [1.54, 1.807) is 7.05 Å². The van der Waals surface area contributed by atoms with Gasteiger partial charge in [0.05, 0.1) is 6.54 Å². The van der Waals surface area contributed by atoms with E-state index in [0.29, 0.717) is 26.3 Å². The second kappa shape index (κ2) is 14.1. The van der Waals surface area contributed by atoms with Crippen LogP contribution >= 0.6 is 24.0 Å². The number of likely N-dealkylation sites (N-methyl/N-ethyl adjacent to an activating group) is 1. The van der Waals surface area contributed by atoms with Crippen molar-refractivity contribution in [1.29, 1.82) is 0 Å². The molecule has 0 bridgehead atoms. The van der Waals surface area contributed by atoms with Crippen LogP contribution in [-0.4, -0.2) is 58.3 Å². The van der Waals surface area contributed by atoms with Crippen molar-refractivity contribution in [1.82, 2.24) is 15.5 Å². The Kier molecular flexibility index (Phi) is 12.1. The van der Waals surface area contributed by atoms with Crippen molar-refractivity contribution >= 4 is 29.9 Å². The minimum absolute atomic E-state index is 0. The fraction of sp³-hybridized carbons (Fsp3) is 0.381. The molecule has 154 valence electrons. The van der Waals surface area contributed by atoms with Crippen molar-refractivity contribution in [3.63, 3.8) is 0 Å². The SMILES string of the molecule is CN=C(NCCOc1ccccc1)NCc1ccccc1OCCN(C)C.I. The first-order valence-corrected chi connectivity index (χ1v) is 9.17. The van der Waals surface area contributed by atoms with Crippen LogP contribution in [0.5, 0.6) is 11.5 Å². The summed E-state index contributed by atoms with van der Waals surface area (Å²) in [4.78, 5) is 6.36. The molecule has 0 atom stereocenters. The van der Waals surface area contributed by atoms with E-state index >= 15 is 0 Å². The molecule has 6 nitrogen and oxygen atoms in total. The van der Waals surface area contributed by atoms with Gasteiger partial charge < -0.3 is 25.0 Å². The zero-order valence-corrected chi connectivity index (χ0v) is 19.2. The molecule has 0 unspecified atom stereocenters. The highest BCUT2D eigenvalue weighted by Gasteiger charge is 2.05. The van der Waals surface area contributed by atoms with Gasteiger partial charge in [-0.2, -0.15) is 0 Å². The lowest BCUT2D eigenvalue weighted by atomic mass is 10.2. The highest BCUT2D eigenvalue weighted by Crippen LogP contribution is 2.17. The van der Waals surface area contributed by atoms with Gasteiger partial charge in [0, 0.05) is 25.7 Å². The summed E-state index contributed by atoms with van der Waals surface area (Å²) in [6, 6.07) is 17.8. The molecule has 0 aliphatic carbocycles. The summed E-state index contributed by atoms with van der Waals surface area (Å²) in [5.41, 5.74) is 1.10. The fourth-order valence-corrected chi connectivity index (χ4v) is 2.38. The number of hydrogen-bond donors (Lipinski definition) is 2. The highest BCUT2D eigenvalue weighted by molar-refractivity contribution is 14.0. The lowest BCUT2D eigenvalue weighted by Crippen LogP contribution is -2.39. The van der Waals surface area contributed by atoms with Gasteiger partial charge in [0.2, 0.25) is 0 Å². The maximum Gasteiger partial charge on any atom is 0.191 e. The van der Waals surface area contributed by atoms with Crippen LogP contribution in [-0.2, 0) is 6.54 Å². The van der Waals surface area contributed by atoms with Crippen LogP contribution in [0.2, 0.25) is 0 Å². The third-order valence-electron chi connectivity index (χ3n) is 3.85. The number of ether oxygens (including phenoxy) is 2. The maximum absolute atomic E-state index is 5.90. The summed E-state index contributed by atoms with van der Waals surface area (Å²) in [7, 11) is 5.83. The van der Waals surface area contributed by atoms with E-state index in [1.807, 2.05) is 62.6 Å². The molecule has 0 spiro atoms. The fourth-order valence-electron chi connectivity index (χ4n) is 2.38. The molecule has 2 aromatic rings.